The Labute approximate surface area is 68.4 Å². The summed E-state index contributed by atoms with van der Waals surface area (Å²) in [7, 11) is 1.36. The van der Waals surface area contributed by atoms with Gasteiger partial charge in [-0.2, -0.15) is 0 Å². The van der Waals surface area contributed by atoms with Gasteiger partial charge in [0.05, 0.1) is 6.20 Å². The second-order valence-electron chi connectivity index (χ2n) is 1.83. The minimum Gasteiger partial charge on any atom is -0.233 e. The van der Waals surface area contributed by atoms with Crippen LogP contribution in [0, 0.1) is 0 Å². The fourth-order valence-electron chi connectivity index (χ4n) is 0.656. The lowest BCUT2D eigenvalue weighted by Gasteiger charge is -1.96. The molecule has 0 N–H and O–H groups in total. The molecule has 0 spiro atoms. The molecule has 0 aliphatic heterocycles. The zero-order valence-electron chi connectivity index (χ0n) is 5.73. The molecule has 0 bridgehead atoms. The molecule has 0 atom stereocenters. The zero-order chi connectivity index (χ0) is 8.48. The van der Waals surface area contributed by atoms with Crippen LogP contribution in [0.4, 0.5) is 0 Å². The molecule has 5 nitrogen and oxygen atoms in total. The highest BCUT2D eigenvalue weighted by atomic mass is 35.7. The Morgan fingerprint density at radius 2 is 2.36 bits per heavy atom. The van der Waals surface area contributed by atoms with Crippen LogP contribution in [0.3, 0.4) is 0 Å². The van der Waals surface area contributed by atoms with Crippen molar-refractivity contribution in [3.05, 3.63) is 6.20 Å². The van der Waals surface area contributed by atoms with E-state index in [-0.39, 0.29) is 5.03 Å². The Hall–Kier alpha value is -0.620. The summed E-state index contributed by atoms with van der Waals surface area (Å²) in [5.41, 5.74) is 0. The lowest BCUT2D eigenvalue weighted by molar-refractivity contribution is 0.554. The number of hydrogen-bond acceptors (Lipinski definition) is 4. The molecule has 1 aromatic rings. The molecular weight excluding hydrogens is 190 g/mol. The van der Waals surface area contributed by atoms with Gasteiger partial charge in [0.2, 0.25) is 0 Å². The van der Waals surface area contributed by atoms with Crippen LogP contribution in [-0.4, -0.2) is 23.4 Å². The van der Waals surface area contributed by atoms with Crippen molar-refractivity contribution in [3.8, 4) is 0 Å². The third kappa shape index (κ3) is 1.69. The maximum absolute atomic E-state index is 10.7. The molecule has 0 amide bonds. The number of hydrogen-bond donors (Lipinski definition) is 0. The first-order valence-electron chi connectivity index (χ1n) is 2.89. The van der Waals surface area contributed by atoms with Gasteiger partial charge < -0.3 is 0 Å². The van der Waals surface area contributed by atoms with E-state index in [2.05, 4.69) is 10.3 Å². The SMILES string of the molecule is CCn1nncc1S(=O)(=O)Cl. The molecular formula is C4H6ClN3O2S. The summed E-state index contributed by atoms with van der Waals surface area (Å²) in [4.78, 5) is 0. The second kappa shape index (κ2) is 2.78. The number of aryl methyl sites for hydroxylation is 1. The smallest absolute Gasteiger partial charge is 0.233 e. The van der Waals surface area contributed by atoms with Crippen molar-refractivity contribution >= 4 is 19.7 Å². The van der Waals surface area contributed by atoms with Crippen molar-refractivity contribution in [1.29, 1.82) is 0 Å². The van der Waals surface area contributed by atoms with Crippen LogP contribution >= 0.6 is 10.7 Å². The van der Waals surface area contributed by atoms with E-state index in [0.29, 0.717) is 6.54 Å². The first kappa shape index (κ1) is 8.48. The first-order chi connectivity index (χ1) is 5.05. The standard InChI is InChI=1S/C4H6ClN3O2S/c1-2-8-4(3-6-7-8)11(5,9)10/h3H,2H2,1H3. The van der Waals surface area contributed by atoms with Crippen LogP contribution in [0.2, 0.25) is 0 Å². The third-order valence-electron chi connectivity index (χ3n) is 1.13. The topological polar surface area (TPSA) is 64.8 Å². The van der Waals surface area contributed by atoms with Crippen molar-refractivity contribution in [1.82, 2.24) is 15.0 Å². The summed E-state index contributed by atoms with van der Waals surface area (Å²) in [6, 6.07) is 0. The molecule has 0 aliphatic carbocycles. The van der Waals surface area contributed by atoms with E-state index < -0.39 is 9.05 Å². The van der Waals surface area contributed by atoms with Gasteiger partial charge in [0.15, 0.2) is 5.03 Å². The van der Waals surface area contributed by atoms with Crippen LogP contribution < -0.4 is 0 Å². The highest BCUT2D eigenvalue weighted by Crippen LogP contribution is 2.11. The van der Waals surface area contributed by atoms with Gasteiger partial charge in [-0.05, 0) is 6.92 Å². The molecule has 11 heavy (non-hydrogen) atoms. The van der Waals surface area contributed by atoms with E-state index in [1.165, 1.54) is 4.68 Å². The molecule has 0 saturated heterocycles. The highest BCUT2D eigenvalue weighted by Gasteiger charge is 2.15. The molecule has 0 aromatic carbocycles. The Morgan fingerprint density at radius 1 is 1.73 bits per heavy atom. The van der Waals surface area contributed by atoms with Gasteiger partial charge in [-0.1, -0.05) is 5.21 Å². The molecule has 1 heterocycles. The first-order valence-corrected chi connectivity index (χ1v) is 5.19. The van der Waals surface area contributed by atoms with E-state index in [9.17, 15) is 8.42 Å². The summed E-state index contributed by atoms with van der Waals surface area (Å²) in [5, 5.41) is 6.85. The van der Waals surface area contributed by atoms with Gasteiger partial charge in [-0.15, -0.1) is 5.10 Å². The second-order valence-corrected chi connectivity index (χ2v) is 4.34. The van der Waals surface area contributed by atoms with Crippen molar-refractivity contribution in [2.24, 2.45) is 0 Å². The quantitative estimate of drug-likeness (QED) is 0.634. The average Bonchev–Trinajstić information content (AvgIpc) is 2.31. The van der Waals surface area contributed by atoms with Gasteiger partial charge in [0, 0.05) is 17.2 Å². The van der Waals surface area contributed by atoms with E-state index in [1.54, 1.807) is 6.92 Å². The molecule has 0 fully saturated rings. The van der Waals surface area contributed by atoms with Crippen molar-refractivity contribution in [2.45, 2.75) is 18.5 Å². The largest absolute Gasteiger partial charge is 0.279 e. The molecule has 0 unspecified atom stereocenters. The lowest BCUT2D eigenvalue weighted by atomic mass is 10.7. The predicted octanol–water partition coefficient (Wildman–Crippen LogP) is 0.226. The third-order valence-corrected chi connectivity index (χ3v) is 2.42. The number of halogens is 1. The predicted molar refractivity (Wildman–Crippen MR) is 38.7 cm³/mol. The van der Waals surface area contributed by atoms with Crippen LogP contribution in [0.25, 0.3) is 0 Å². The Balaban J connectivity index is 3.24. The van der Waals surface area contributed by atoms with Gasteiger partial charge in [-0.25, -0.2) is 13.1 Å². The van der Waals surface area contributed by atoms with Gasteiger partial charge in [-0.3, -0.25) is 0 Å². The minimum atomic E-state index is -3.69. The minimum absolute atomic E-state index is 0.0679. The van der Waals surface area contributed by atoms with Crippen molar-refractivity contribution in [2.75, 3.05) is 0 Å². The molecule has 62 valence electrons. The van der Waals surface area contributed by atoms with Gasteiger partial charge in [0.25, 0.3) is 9.05 Å². The van der Waals surface area contributed by atoms with E-state index in [0.717, 1.165) is 6.20 Å². The summed E-state index contributed by atoms with van der Waals surface area (Å²) >= 11 is 0. The monoisotopic (exact) mass is 195 g/mol. The molecule has 0 radical (unpaired) electrons. The van der Waals surface area contributed by atoms with Crippen molar-refractivity contribution < 1.29 is 8.42 Å². The maximum atomic E-state index is 10.7. The van der Waals surface area contributed by atoms with Gasteiger partial charge in [0.1, 0.15) is 0 Å². The van der Waals surface area contributed by atoms with Crippen LogP contribution in [0.1, 0.15) is 6.92 Å². The van der Waals surface area contributed by atoms with Crippen LogP contribution in [0.5, 0.6) is 0 Å². The zero-order valence-corrected chi connectivity index (χ0v) is 7.30. The average molecular weight is 196 g/mol. The lowest BCUT2D eigenvalue weighted by Crippen LogP contribution is -2.04. The van der Waals surface area contributed by atoms with E-state index in [1.807, 2.05) is 0 Å². The Morgan fingerprint density at radius 3 is 2.73 bits per heavy atom. The Kier molecular flexibility index (Phi) is 2.15. The molecule has 0 saturated carbocycles. The Bertz CT molecular complexity index is 344. The number of nitrogens with zero attached hydrogens (tertiary/aromatic N) is 3. The summed E-state index contributed by atoms with van der Waals surface area (Å²) in [5.74, 6) is 0. The molecule has 1 aromatic heterocycles. The number of aromatic nitrogens is 3. The fraction of sp³-hybridized carbons (Fsp3) is 0.500. The summed E-state index contributed by atoms with van der Waals surface area (Å²) in [6.45, 7) is 2.18. The molecule has 0 aliphatic rings. The molecule has 7 heteroatoms. The summed E-state index contributed by atoms with van der Waals surface area (Å²) < 4.78 is 22.7. The fourth-order valence-corrected chi connectivity index (χ4v) is 1.61. The van der Waals surface area contributed by atoms with Crippen LogP contribution in [-0.2, 0) is 15.6 Å². The van der Waals surface area contributed by atoms with E-state index in [4.69, 9.17) is 10.7 Å². The van der Waals surface area contributed by atoms with Gasteiger partial charge >= 0.3 is 0 Å². The molecule has 1 rings (SSSR count). The normalized spacial score (nSPS) is 11.8. The number of rotatable bonds is 2. The van der Waals surface area contributed by atoms with Crippen molar-refractivity contribution in [3.63, 3.8) is 0 Å². The van der Waals surface area contributed by atoms with Crippen LogP contribution in [0.15, 0.2) is 11.2 Å². The highest BCUT2D eigenvalue weighted by molar-refractivity contribution is 8.13. The maximum Gasteiger partial charge on any atom is 0.279 e. The van der Waals surface area contributed by atoms with E-state index >= 15 is 0 Å². The summed E-state index contributed by atoms with van der Waals surface area (Å²) in [6.07, 6.45) is 1.12.